The number of rotatable bonds is 2. The molecule has 1 aromatic heterocycles. The maximum atomic E-state index is 11.2. The Balaban J connectivity index is 2.14. The van der Waals surface area contributed by atoms with Crippen molar-refractivity contribution in [2.45, 2.75) is 20.8 Å². The summed E-state index contributed by atoms with van der Waals surface area (Å²) in [6.07, 6.45) is 0. The van der Waals surface area contributed by atoms with E-state index in [1.807, 2.05) is 38.1 Å². The van der Waals surface area contributed by atoms with Crippen molar-refractivity contribution in [2.75, 3.05) is 0 Å². The number of fused-ring (bicyclic) bond motifs is 1. The first-order valence-corrected chi connectivity index (χ1v) is 6.94. The van der Waals surface area contributed by atoms with E-state index in [0.717, 1.165) is 22.2 Å². The van der Waals surface area contributed by atoms with E-state index in [1.165, 1.54) is 6.92 Å². The van der Waals surface area contributed by atoms with E-state index in [9.17, 15) is 4.79 Å². The molecule has 0 saturated heterocycles. The van der Waals surface area contributed by atoms with Gasteiger partial charge in [0, 0.05) is 6.92 Å². The predicted octanol–water partition coefficient (Wildman–Crippen LogP) is 3.23. The Hall–Kier alpha value is -2.82. The summed E-state index contributed by atoms with van der Waals surface area (Å²) in [7, 11) is 0. The first-order chi connectivity index (χ1) is 10.5. The molecule has 1 heterocycles. The number of para-hydroxylation sites is 1. The highest BCUT2D eigenvalue weighted by molar-refractivity contribution is 5.79. The van der Waals surface area contributed by atoms with Crippen molar-refractivity contribution >= 4 is 17.0 Å². The third-order valence-electron chi connectivity index (χ3n) is 3.45. The summed E-state index contributed by atoms with van der Waals surface area (Å²) in [5, 5.41) is 8.39. The molecule has 0 spiro atoms. The highest BCUT2D eigenvalue weighted by atomic mass is 16.5. The molecule has 110 valence electrons. The zero-order chi connectivity index (χ0) is 15.7. The molecule has 0 saturated carbocycles. The van der Waals surface area contributed by atoms with Gasteiger partial charge in [0.15, 0.2) is 5.82 Å². The van der Waals surface area contributed by atoms with E-state index in [-0.39, 0.29) is 5.97 Å². The molecular formula is C17H15N3O2. The second kappa shape index (κ2) is 5.52. The fourth-order valence-corrected chi connectivity index (χ4v) is 2.20. The lowest BCUT2D eigenvalue weighted by atomic mass is 10.1. The zero-order valence-electron chi connectivity index (χ0n) is 12.6. The SMILES string of the molecule is CC(=O)Oc1ccccc1-c1nnc2cc(C)c(C)cc2n1. The topological polar surface area (TPSA) is 65.0 Å². The molecule has 2 aromatic carbocycles. The van der Waals surface area contributed by atoms with Crippen molar-refractivity contribution in [1.29, 1.82) is 0 Å². The monoisotopic (exact) mass is 293 g/mol. The van der Waals surface area contributed by atoms with Crippen LogP contribution in [0.15, 0.2) is 36.4 Å². The van der Waals surface area contributed by atoms with Crippen LogP contribution in [0.1, 0.15) is 18.1 Å². The molecule has 0 amide bonds. The first kappa shape index (κ1) is 14.1. The standard InChI is InChI=1S/C17H15N3O2/c1-10-8-14-15(9-11(10)2)19-20-17(18-14)13-6-4-5-7-16(13)22-12(3)21/h4-9H,1-3H3. The Kier molecular flexibility index (Phi) is 3.55. The Morgan fingerprint density at radius 3 is 2.41 bits per heavy atom. The molecule has 0 aliphatic carbocycles. The van der Waals surface area contributed by atoms with Crippen LogP contribution in [0.3, 0.4) is 0 Å². The number of esters is 1. The molecule has 0 unspecified atom stereocenters. The molecule has 0 N–H and O–H groups in total. The normalized spacial score (nSPS) is 10.7. The van der Waals surface area contributed by atoms with Gasteiger partial charge in [0.2, 0.25) is 0 Å². The molecule has 0 radical (unpaired) electrons. The smallest absolute Gasteiger partial charge is 0.308 e. The maximum Gasteiger partial charge on any atom is 0.308 e. The highest BCUT2D eigenvalue weighted by Crippen LogP contribution is 2.28. The van der Waals surface area contributed by atoms with E-state index in [4.69, 9.17) is 4.74 Å². The number of aryl methyl sites for hydroxylation is 2. The minimum atomic E-state index is -0.382. The third-order valence-corrected chi connectivity index (χ3v) is 3.45. The molecule has 5 heteroatoms. The van der Waals surface area contributed by atoms with Crippen LogP contribution in [0.25, 0.3) is 22.4 Å². The van der Waals surface area contributed by atoms with Crippen LogP contribution in [-0.2, 0) is 4.79 Å². The van der Waals surface area contributed by atoms with E-state index >= 15 is 0 Å². The molecule has 5 nitrogen and oxygen atoms in total. The highest BCUT2D eigenvalue weighted by Gasteiger charge is 2.12. The van der Waals surface area contributed by atoms with Gasteiger partial charge in [0.1, 0.15) is 11.3 Å². The number of ether oxygens (including phenoxy) is 1. The van der Waals surface area contributed by atoms with Crippen molar-refractivity contribution in [3.8, 4) is 17.1 Å². The minimum Gasteiger partial charge on any atom is -0.426 e. The van der Waals surface area contributed by atoms with Crippen LogP contribution in [0.4, 0.5) is 0 Å². The predicted molar refractivity (Wildman–Crippen MR) is 83.6 cm³/mol. The van der Waals surface area contributed by atoms with E-state index in [2.05, 4.69) is 15.2 Å². The van der Waals surface area contributed by atoms with Crippen LogP contribution < -0.4 is 4.74 Å². The lowest BCUT2D eigenvalue weighted by Gasteiger charge is -2.08. The lowest BCUT2D eigenvalue weighted by molar-refractivity contribution is -0.131. The van der Waals surface area contributed by atoms with Crippen molar-refractivity contribution in [3.05, 3.63) is 47.5 Å². The van der Waals surface area contributed by atoms with Gasteiger partial charge in [0.25, 0.3) is 0 Å². The Bertz CT molecular complexity index is 875. The van der Waals surface area contributed by atoms with Gasteiger partial charge in [-0.05, 0) is 49.2 Å². The quantitative estimate of drug-likeness (QED) is 0.536. The summed E-state index contributed by atoms with van der Waals surface area (Å²) in [6, 6.07) is 11.1. The van der Waals surface area contributed by atoms with Gasteiger partial charge in [-0.25, -0.2) is 4.98 Å². The van der Waals surface area contributed by atoms with Gasteiger partial charge in [-0.2, -0.15) is 0 Å². The zero-order valence-corrected chi connectivity index (χ0v) is 12.6. The van der Waals surface area contributed by atoms with Gasteiger partial charge >= 0.3 is 5.97 Å². The van der Waals surface area contributed by atoms with Crippen molar-refractivity contribution in [1.82, 2.24) is 15.2 Å². The molecule has 0 fully saturated rings. The number of hydrogen-bond acceptors (Lipinski definition) is 5. The van der Waals surface area contributed by atoms with Crippen molar-refractivity contribution in [3.63, 3.8) is 0 Å². The lowest BCUT2D eigenvalue weighted by Crippen LogP contribution is -2.04. The Morgan fingerprint density at radius 1 is 1.00 bits per heavy atom. The van der Waals surface area contributed by atoms with E-state index < -0.39 is 0 Å². The van der Waals surface area contributed by atoms with Gasteiger partial charge in [0.05, 0.1) is 11.1 Å². The van der Waals surface area contributed by atoms with Gasteiger partial charge < -0.3 is 4.74 Å². The fourth-order valence-electron chi connectivity index (χ4n) is 2.20. The van der Waals surface area contributed by atoms with Crippen molar-refractivity contribution < 1.29 is 9.53 Å². The summed E-state index contributed by atoms with van der Waals surface area (Å²) in [6.45, 7) is 5.42. The van der Waals surface area contributed by atoms with Crippen LogP contribution >= 0.6 is 0 Å². The summed E-state index contributed by atoms with van der Waals surface area (Å²) < 4.78 is 5.21. The average Bonchev–Trinajstić information content (AvgIpc) is 2.48. The average molecular weight is 293 g/mol. The number of carbonyl (C=O) groups is 1. The largest absolute Gasteiger partial charge is 0.426 e. The number of hydrogen-bond donors (Lipinski definition) is 0. The number of nitrogens with zero attached hydrogens (tertiary/aromatic N) is 3. The van der Waals surface area contributed by atoms with E-state index in [1.54, 1.807) is 12.1 Å². The summed E-state index contributed by atoms with van der Waals surface area (Å²) in [4.78, 5) is 15.8. The Morgan fingerprint density at radius 2 is 1.68 bits per heavy atom. The first-order valence-electron chi connectivity index (χ1n) is 6.94. The van der Waals surface area contributed by atoms with Gasteiger partial charge in [-0.15, -0.1) is 10.2 Å². The molecule has 22 heavy (non-hydrogen) atoms. The van der Waals surface area contributed by atoms with Crippen molar-refractivity contribution in [2.24, 2.45) is 0 Å². The van der Waals surface area contributed by atoms with Crippen LogP contribution in [0.2, 0.25) is 0 Å². The second-order valence-electron chi connectivity index (χ2n) is 5.15. The minimum absolute atomic E-state index is 0.382. The number of aromatic nitrogens is 3. The van der Waals surface area contributed by atoms with Gasteiger partial charge in [-0.1, -0.05) is 12.1 Å². The van der Waals surface area contributed by atoms with Crippen LogP contribution in [0, 0.1) is 13.8 Å². The summed E-state index contributed by atoms with van der Waals surface area (Å²) >= 11 is 0. The Labute approximate surface area is 128 Å². The molecular weight excluding hydrogens is 278 g/mol. The maximum absolute atomic E-state index is 11.2. The number of benzene rings is 2. The molecule has 0 bridgehead atoms. The summed E-state index contributed by atoms with van der Waals surface area (Å²) in [5.74, 6) is 0.486. The molecule has 3 aromatic rings. The molecule has 3 rings (SSSR count). The van der Waals surface area contributed by atoms with Crippen LogP contribution in [-0.4, -0.2) is 21.2 Å². The summed E-state index contributed by atoms with van der Waals surface area (Å²) in [5.41, 5.74) is 4.46. The van der Waals surface area contributed by atoms with Crippen LogP contribution in [0.5, 0.6) is 5.75 Å². The molecule has 0 aliphatic rings. The van der Waals surface area contributed by atoms with Gasteiger partial charge in [-0.3, -0.25) is 4.79 Å². The molecule has 0 atom stereocenters. The fraction of sp³-hybridized carbons (Fsp3) is 0.176. The molecule has 0 aliphatic heterocycles. The number of carbonyl (C=O) groups excluding carboxylic acids is 1. The second-order valence-corrected chi connectivity index (χ2v) is 5.15. The third kappa shape index (κ3) is 2.65. The van der Waals surface area contributed by atoms with E-state index in [0.29, 0.717) is 17.1 Å².